The molecule has 2 aromatic rings. The minimum atomic E-state index is -0.684. The van der Waals surface area contributed by atoms with Crippen LogP contribution in [0.25, 0.3) is 6.08 Å². The van der Waals surface area contributed by atoms with Crippen LogP contribution in [-0.4, -0.2) is 18.5 Å². The summed E-state index contributed by atoms with van der Waals surface area (Å²) in [5.74, 6) is -0.804. The molecule has 0 fully saturated rings. The van der Waals surface area contributed by atoms with Crippen LogP contribution in [0.2, 0.25) is 0 Å². The van der Waals surface area contributed by atoms with E-state index in [0.29, 0.717) is 16.2 Å². The van der Waals surface area contributed by atoms with Crippen molar-refractivity contribution in [1.29, 1.82) is 5.26 Å². The van der Waals surface area contributed by atoms with E-state index in [2.05, 4.69) is 0 Å². The van der Waals surface area contributed by atoms with Gasteiger partial charge in [-0.1, -0.05) is 18.2 Å². The predicted molar refractivity (Wildman–Crippen MR) is 85.9 cm³/mol. The Morgan fingerprint density at radius 2 is 2.13 bits per heavy atom. The number of esters is 2. The highest BCUT2D eigenvalue weighted by Gasteiger charge is 2.11. The lowest BCUT2D eigenvalue weighted by molar-refractivity contribution is -0.137. The highest BCUT2D eigenvalue weighted by Crippen LogP contribution is 2.19. The number of hydrogen-bond donors (Lipinski definition) is 0. The maximum atomic E-state index is 11.9. The Bertz CT molecular complexity index is 772. The van der Waals surface area contributed by atoms with Gasteiger partial charge in [0.2, 0.25) is 0 Å². The maximum Gasteiger partial charge on any atom is 0.353 e. The van der Waals surface area contributed by atoms with Gasteiger partial charge in [-0.3, -0.25) is 0 Å². The fourth-order valence-corrected chi connectivity index (χ4v) is 2.33. The van der Waals surface area contributed by atoms with Crippen molar-refractivity contribution in [3.8, 4) is 11.8 Å². The summed E-state index contributed by atoms with van der Waals surface area (Å²) in [5, 5.41) is 10.8. The van der Waals surface area contributed by atoms with Crippen molar-refractivity contribution in [3.63, 3.8) is 0 Å². The number of carbonyl (C=O) groups is 2. The van der Waals surface area contributed by atoms with Crippen LogP contribution in [0.4, 0.5) is 0 Å². The summed E-state index contributed by atoms with van der Waals surface area (Å²) in [5.41, 5.74) is 0.444. The first kappa shape index (κ1) is 16.5. The molecule has 0 spiro atoms. The minimum Gasteiger partial charge on any atom is -0.462 e. The van der Waals surface area contributed by atoms with Crippen LogP contribution in [0.5, 0.6) is 5.75 Å². The van der Waals surface area contributed by atoms with Crippen molar-refractivity contribution in [3.05, 3.63) is 57.8 Å². The lowest BCUT2D eigenvalue weighted by Gasteiger charge is -2.04. The molecule has 2 rings (SSSR count). The highest BCUT2D eigenvalue weighted by molar-refractivity contribution is 7.12. The molecular weight excluding hydrogens is 314 g/mol. The van der Waals surface area contributed by atoms with Crippen LogP contribution < -0.4 is 4.74 Å². The SMILES string of the molecule is CCOC(=O)/C(C#N)=C/c1cccc(OC(=O)c2cccs2)c1. The van der Waals surface area contributed by atoms with E-state index in [0.717, 1.165) is 0 Å². The van der Waals surface area contributed by atoms with Crippen LogP contribution in [0, 0.1) is 11.3 Å². The van der Waals surface area contributed by atoms with Gasteiger partial charge in [0.25, 0.3) is 0 Å². The Balaban J connectivity index is 2.18. The maximum absolute atomic E-state index is 11.9. The largest absolute Gasteiger partial charge is 0.462 e. The third-order valence-electron chi connectivity index (χ3n) is 2.72. The van der Waals surface area contributed by atoms with Crippen LogP contribution in [0.1, 0.15) is 22.2 Å². The molecule has 0 unspecified atom stereocenters. The average molecular weight is 327 g/mol. The van der Waals surface area contributed by atoms with Gasteiger partial charge < -0.3 is 9.47 Å². The Kier molecular flexibility index (Phi) is 5.67. The molecule has 0 bridgehead atoms. The number of ether oxygens (including phenoxy) is 2. The molecule has 6 heteroatoms. The molecule has 0 aliphatic heterocycles. The summed E-state index contributed by atoms with van der Waals surface area (Å²) in [6, 6.07) is 11.8. The van der Waals surface area contributed by atoms with Crippen molar-refractivity contribution in [2.24, 2.45) is 0 Å². The second kappa shape index (κ2) is 7.92. The summed E-state index contributed by atoms with van der Waals surface area (Å²) in [4.78, 5) is 24.0. The molecule has 116 valence electrons. The van der Waals surface area contributed by atoms with E-state index in [1.54, 1.807) is 54.8 Å². The first-order valence-electron chi connectivity index (χ1n) is 6.78. The number of benzene rings is 1. The molecule has 0 aliphatic carbocycles. The second-order valence-electron chi connectivity index (χ2n) is 4.33. The summed E-state index contributed by atoms with van der Waals surface area (Å²) < 4.78 is 10.1. The zero-order valence-corrected chi connectivity index (χ0v) is 13.1. The molecule has 0 saturated carbocycles. The fraction of sp³-hybridized carbons (Fsp3) is 0.118. The molecule has 1 heterocycles. The molecule has 0 amide bonds. The molecule has 0 atom stereocenters. The molecule has 5 nitrogen and oxygen atoms in total. The first-order valence-corrected chi connectivity index (χ1v) is 7.66. The number of carbonyl (C=O) groups excluding carboxylic acids is 2. The van der Waals surface area contributed by atoms with Gasteiger partial charge in [-0.25, -0.2) is 9.59 Å². The lowest BCUT2D eigenvalue weighted by atomic mass is 10.1. The van der Waals surface area contributed by atoms with Gasteiger partial charge in [-0.2, -0.15) is 5.26 Å². The Labute approximate surface area is 137 Å². The Morgan fingerprint density at radius 3 is 2.78 bits per heavy atom. The standard InChI is InChI=1S/C17H13NO4S/c1-2-21-16(19)13(11-18)9-12-5-3-6-14(10-12)22-17(20)15-7-4-8-23-15/h3-10H,2H2,1H3/b13-9+. The van der Waals surface area contributed by atoms with Gasteiger partial charge in [-0.05, 0) is 42.1 Å². The van der Waals surface area contributed by atoms with Crippen molar-refractivity contribution < 1.29 is 19.1 Å². The van der Waals surface area contributed by atoms with E-state index in [9.17, 15) is 9.59 Å². The number of thiophene rings is 1. The van der Waals surface area contributed by atoms with E-state index in [-0.39, 0.29) is 12.2 Å². The summed E-state index contributed by atoms with van der Waals surface area (Å²) in [6.45, 7) is 1.86. The Morgan fingerprint density at radius 1 is 1.30 bits per heavy atom. The van der Waals surface area contributed by atoms with Gasteiger partial charge in [0.1, 0.15) is 22.3 Å². The van der Waals surface area contributed by atoms with Crippen LogP contribution in [0.3, 0.4) is 0 Å². The quantitative estimate of drug-likeness (QED) is 0.364. The van der Waals surface area contributed by atoms with Crippen molar-refractivity contribution in [1.82, 2.24) is 0 Å². The van der Waals surface area contributed by atoms with Gasteiger partial charge in [0.05, 0.1) is 6.61 Å². The normalized spacial score (nSPS) is 10.7. The Hall–Kier alpha value is -2.91. The van der Waals surface area contributed by atoms with E-state index in [1.807, 2.05) is 0 Å². The third kappa shape index (κ3) is 4.53. The molecule has 0 radical (unpaired) electrons. The van der Waals surface area contributed by atoms with Crippen LogP contribution in [-0.2, 0) is 9.53 Å². The number of nitriles is 1. The number of nitrogens with zero attached hydrogens (tertiary/aromatic N) is 1. The number of rotatable bonds is 5. The van der Waals surface area contributed by atoms with E-state index in [1.165, 1.54) is 17.4 Å². The fourth-order valence-electron chi connectivity index (χ4n) is 1.73. The van der Waals surface area contributed by atoms with Gasteiger partial charge >= 0.3 is 11.9 Å². The highest BCUT2D eigenvalue weighted by atomic mass is 32.1. The molecule has 1 aromatic heterocycles. The van der Waals surface area contributed by atoms with Crippen molar-refractivity contribution in [2.45, 2.75) is 6.92 Å². The zero-order chi connectivity index (χ0) is 16.7. The minimum absolute atomic E-state index is 0.117. The van der Waals surface area contributed by atoms with E-state index in [4.69, 9.17) is 14.7 Å². The first-order chi connectivity index (χ1) is 11.1. The number of hydrogen-bond acceptors (Lipinski definition) is 6. The second-order valence-corrected chi connectivity index (χ2v) is 5.28. The van der Waals surface area contributed by atoms with Crippen LogP contribution in [0.15, 0.2) is 47.4 Å². The summed E-state index contributed by atoms with van der Waals surface area (Å²) in [7, 11) is 0. The average Bonchev–Trinajstić information content (AvgIpc) is 3.07. The zero-order valence-electron chi connectivity index (χ0n) is 12.3. The molecule has 23 heavy (non-hydrogen) atoms. The van der Waals surface area contributed by atoms with Crippen LogP contribution >= 0.6 is 11.3 Å². The third-order valence-corrected chi connectivity index (χ3v) is 3.57. The molecule has 0 aliphatic rings. The van der Waals surface area contributed by atoms with Gasteiger partial charge in [0.15, 0.2) is 0 Å². The van der Waals surface area contributed by atoms with E-state index < -0.39 is 11.9 Å². The lowest BCUT2D eigenvalue weighted by Crippen LogP contribution is -2.07. The monoisotopic (exact) mass is 327 g/mol. The van der Waals surface area contributed by atoms with E-state index >= 15 is 0 Å². The molecule has 1 aromatic carbocycles. The summed E-state index contributed by atoms with van der Waals surface area (Å²) >= 11 is 1.29. The van der Waals surface area contributed by atoms with Crippen molar-refractivity contribution >= 4 is 29.4 Å². The molecular formula is C17H13NO4S. The predicted octanol–water partition coefficient (Wildman–Crippen LogP) is 3.44. The summed E-state index contributed by atoms with van der Waals surface area (Å²) in [6.07, 6.45) is 1.39. The molecule has 0 N–H and O–H groups in total. The molecule has 0 saturated heterocycles. The van der Waals surface area contributed by atoms with Crippen molar-refractivity contribution in [2.75, 3.05) is 6.61 Å². The smallest absolute Gasteiger partial charge is 0.353 e. The van der Waals surface area contributed by atoms with Gasteiger partial charge in [0, 0.05) is 0 Å². The topological polar surface area (TPSA) is 76.4 Å². The van der Waals surface area contributed by atoms with Gasteiger partial charge in [-0.15, -0.1) is 11.3 Å².